The summed E-state index contributed by atoms with van der Waals surface area (Å²) in [6.45, 7) is 1.87. The summed E-state index contributed by atoms with van der Waals surface area (Å²) in [6.07, 6.45) is 1.61. The Hall–Kier alpha value is -1.59. The van der Waals surface area contributed by atoms with Crippen LogP contribution in [0.15, 0.2) is 45.2 Å². The van der Waals surface area contributed by atoms with Gasteiger partial charge in [-0.3, -0.25) is 0 Å². The van der Waals surface area contributed by atoms with E-state index in [0.29, 0.717) is 10.4 Å². The molecule has 0 spiro atoms. The van der Waals surface area contributed by atoms with Crippen LogP contribution in [-0.2, 0) is 0 Å². The lowest BCUT2D eigenvalue weighted by molar-refractivity contribution is 0.454. The molecule has 18 heavy (non-hydrogen) atoms. The minimum absolute atomic E-state index is 0.401. The van der Waals surface area contributed by atoms with E-state index in [0.717, 1.165) is 21.5 Å². The van der Waals surface area contributed by atoms with E-state index in [9.17, 15) is 0 Å². The predicted octanol–water partition coefficient (Wildman–Crippen LogP) is 3.73. The highest BCUT2D eigenvalue weighted by atomic mass is 35.5. The van der Waals surface area contributed by atoms with Gasteiger partial charge in [-0.15, -0.1) is 10.2 Å². The largest absolute Gasteiger partial charge is 0.439 e. The third-order valence-electron chi connectivity index (χ3n) is 2.39. The van der Waals surface area contributed by atoms with E-state index in [-0.39, 0.29) is 0 Å². The molecule has 0 atom stereocenters. The molecule has 0 unspecified atom stereocenters. The van der Waals surface area contributed by atoms with Gasteiger partial charge in [0.25, 0.3) is 5.22 Å². The van der Waals surface area contributed by atoms with Crippen LogP contribution in [0.3, 0.4) is 0 Å². The highest BCUT2D eigenvalue weighted by Crippen LogP contribution is 2.32. The molecule has 3 rings (SSSR count). The Kier molecular flexibility index (Phi) is 2.93. The van der Waals surface area contributed by atoms with Crippen molar-refractivity contribution in [2.45, 2.75) is 17.2 Å². The molecule has 3 aromatic rings. The van der Waals surface area contributed by atoms with Gasteiger partial charge in [-0.05, 0) is 18.7 Å². The lowest BCUT2D eigenvalue weighted by atomic mass is 10.2. The monoisotopic (exact) mass is 277 g/mol. The van der Waals surface area contributed by atoms with Gasteiger partial charge in [-0.25, -0.2) is 4.98 Å². The number of hydrogen-bond acceptors (Lipinski definition) is 5. The quantitative estimate of drug-likeness (QED) is 0.714. The van der Waals surface area contributed by atoms with Crippen LogP contribution in [0.2, 0.25) is 5.15 Å². The van der Waals surface area contributed by atoms with Crippen LogP contribution in [0.25, 0.3) is 10.8 Å². The van der Waals surface area contributed by atoms with Crippen LogP contribution in [0.1, 0.15) is 5.69 Å². The number of aryl methyl sites for hydroxylation is 1. The van der Waals surface area contributed by atoms with Gasteiger partial charge in [0.2, 0.25) is 0 Å². The van der Waals surface area contributed by atoms with Crippen molar-refractivity contribution in [1.29, 1.82) is 0 Å². The number of oxazole rings is 1. The Bertz CT molecular complexity index is 713. The first-order valence-corrected chi connectivity index (χ1v) is 6.44. The molecule has 4 nitrogen and oxygen atoms in total. The summed E-state index contributed by atoms with van der Waals surface area (Å²) in [5.41, 5.74) is 0.837. The molecule has 0 bridgehead atoms. The molecule has 0 N–H and O–H groups in total. The zero-order chi connectivity index (χ0) is 12.5. The van der Waals surface area contributed by atoms with E-state index in [1.54, 1.807) is 6.26 Å². The molecule has 0 aliphatic heterocycles. The van der Waals surface area contributed by atoms with Crippen molar-refractivity contribution in [1.82, 2.24) is 15.2 Å². The van der Waals surface area contributed by atoms with Gasteiger partial charge in [0.05, 0.1) is 5.69 Å². The van der Waals surface area contributed by atoms with Gasteiger partial charge in [0, 0.05) is 10.8 Å². The number of fused-ring (bicyclic) bond motifs is 1. The Morgan fingerprint density at radius 2 is 1.94 bits per heavy atom. The Morgan fingerprint density at radius 1 is 1.17 bits per heavy atom. The fraction of sp³-hybridized carbons (Fsp3) is 0.0833. The van der Waals surface area contributed by atoms with E-state index < -0.39 is 0 Å². The second-order valence-corrected chi connectivity index (χ2v) is 5.00. The Balaban J connectivity index is 2.09. The molecular formula is C12H8ClN3OS. The fourth-order valence-electron chi connectivity index (χ4n) is 1.58. The number of hydrogen-bond donors (Lipinski definition) is 0. The van der Waals surface area contributed by atoms with Crippen molar-refractivity contribution < 1.29 is 4.42 Å². The summed E-state index contributed by atoms with van der Waals surface area (Å²) in [6, 6.07) is 7.72. The molecule has 0 amide bonds. The topological polar surface area (TPSA) is 51.8 Å². The second-order valence-electron chi connectivity index (χ2n) is 3.70. The molecule has 0 fully saturated rings. The molecule has 0 saturated carbocycles. The second kappa shape index (κ2) is 4.59. The molecule has 90 valence electrons. The highest BCUT2D eigenvalue weighted by molar-refractivity contribution is 7.99. The summed E-state index contributed by atoms with van der Waals surface area (Å²) < 4.78 is 5.30. The van der Waals surface area contributed by atoms with Crippen LogP contribution in [0.5, 0.6) is 0 Å². The van der Waals surface area contributed by atoms with E-state index in [1.165, 1.54) is 11.8 Å². The van der Waals surface area contributed by atoms with Crippen LogP contribution < -0.4 is 0 Å². The van der Waals surface area contributed by atoms with Gasteiger partial charge < -0.3 is 4.42 Å². The van der Waals surface area contributed by atoms with Gasteiger partial charge in [0.1, 0.15) is 11.3 Å². The highest BCUT2D eigenvalue weighted by Gasteiger charge is 2.11. The lowest BCUT2D eigenvalue weighted by Crippen LogP contribution is -1.89. The average molecular weight is 278 g/mol. The zero-order valence-electron chi connectivity index (χ0n) is 9.42. The summed E-state index contributed by atoms with van der Waals surface area (Å²) in [4.78, 5) is 4.23. The predicted molar refractivity (Wildman–Crippen MR) is 69.9 cm³/mol. The molecule has 2 heterocycles. The Morgan fingerprint density at radius 3 is 2.67 bits per heavy atom. The molecule has 2 aromatic heterocycles. The van der Waals surface area contributed by atoms with Gasteiger partial charge in [0.15, 0.2) is 5.15 Å². The van der Waals surface area contributed by atoms with E-state index in [4.69, 9.17) is 16.0 Å². The number of rotatable bonds is 2. The molecule has 6 heteroatoms. The number of benzene rings is 1. The fourth-order valence-corrected chi connectivity index (χ4v) is 2.61. The average Bonchev–Trinajstić information content (AvgIpc) is 2.79. The molecular weight excluding hydrogens is 270 g/mol. The normalized spacial score (nSPS) is 11.0. The first-order chi connectivity index (χ1) is 8.74. The van der Waals surface area contributed by atoms with Crippen molar-refractivity contribution >= 4 is 34.1 Å². The first-order valence-electron chi connectivity index (χ1n) is 5.25. The summed E-state index contributed by atoms with van der Waals surface area (Å²) in [7, 11) is 0. The number of aromatic nitrogens is 3. The molecule has 0 aliphatic rings. The van der Waals surface area contributed by atoms with Crippen molar-refractivity contribution in [3.8, 4) is 0 Å². The minimum Gasteiger partial charge on any atom is -0.439 e. The summed E-state index contributed by atoms with van der Waals surface area (Å²) in [5.74, 6) is 0. The van der Waals surface area contributed by atoms with E-state index in [1.807, 2.05) is 31.2 Å². The molecule has 0 saturated heterocycles. The van der Waals surface area contributed by atoms with Crippen molar-refractivity contribution in [2.24, 2.45) is 0 Å². The van der Waals surface area contributed by atoms with Crippen LogP contribution in [0.4, 0.5) is 0 Å². The van der Waals surface area contributed by atoms with E-state index in [2.05, 4.69) is 15.2 Å². The van der Waals surface area contributed by atoms with Crippen LogP contribution in [0, 0.1) is 6.92 Å². The lowest BCUT2D eigenvalue weighted by Gasteiger charge is -2.02. The maximum Gasteiger partial charge on any atom is 0.262 e. The number of halogens is 1. The van der Waals surface area contributed by atoms with Crippen LogP contribution in [-0.4, -0.2) is 15.2 Å². The first kappa shape index (κ1) is 11.5. The maximum atomic E-state index is 6.01. The minimum atomic E-state index is 0.401. The van der Waals surface area contributed by atoms with E-state index >= 15 is 0 Å². The van der Waals surface area contributed by atoms with Crippen molar-refractivity contribution in [3.05, 3.63) is 41.4 Å². The Labute approximate surface area is 112 Å². The molecule has 0 radical (unpaired) electrons. The van der Waals surface area contributed by atoms with Crippen LogP contribution >= 0.6 is 23.4 Å². The third-order valence-corrected chi connectivity index (χ3v) is 3.53. The molecule has 1 aromatic carbocycles. The van der Waals surface area contributed by atoms with Crippen molar-refractivity contribution in [3.63, 3.8) is 0 Å². The summed E-state index contributed by atoms with van der Waals surface area (Å²) in [5, 5.41) is 11.5. The van der Waals surface area contributed by atoms with Crippen molar-refractivity contribution in [2.75, 3.05) is 0 Å². The molecule has 0 aliphatic carbocycles. The standard InChI is InChI=1S/C12H8ClN3OS/c1-7-6-17-12(14-7)18-11-9-5-3-2-4-8(9)10(13)15-16-11/h2-6H,1H3. The van der Waals surface area contributed by atoms with Gasteiger partial charge >= 0.3 is 0 Å². The smallest absolute Gasteiger partial charge is 0.262 e. The summed E-state index contributed by atoms with van der Waals surface area (Å²) >= 11 is 7.35. The maximum absolute atomic E-state index is 6.01. The van der Waals surface area contributed by atoms with Gasteiger partial charge in [-0.1, -0.05) is 35.9 Å². The number of nitrogens with zero attached hydrogens (tertiary/aromatic N) is 3. The zero-order valence-corrected chi connectivity index (χ0v) is 11.0. The SMILES string of the molecule is Cc1coc(Sc2nnc(Cl)c3ccccc23)n1. The van der Waals surface area contributed by atoms with Gasteiger partial charge in [-0.2, -0.15) is 0 Å². The third kappa shape index (κ3) is 2.07.